The maximum atomic E-state index is 14.1. The lowest BCUT2D eigenvalue weighted by Gasteiger charge is -2.46. The third-order valence-electron chi connectivity index (χ3n) is 17.8. The van der Waals surface area contributed by atoms with Gasteiger partial charge in [-0.25, -0.2) is 0 Å². The molecule has 486 valence electrons. The Kier molecular flexibility index (Phi) is 18.8. The quantitative estimate of drug-likeness (QED) is 0.0446. The summed E-state index contributed by atoms with van der Waals surface area (Å²) >= 11 is 0. The number of amides is 3. The second kappa shape index (κ2) is 28.4. The Morgan fingerprint density at radius 2 is 0.521 bits per heavy atom. The molecule has 10 aromatic rings. The van der Waals surface area contributed by atoms with Gasteiger partial charge in [0, 0.05) is 73.4 Å². The molecule has 3 fully saturated rings. The third kappa shape index (κ3) is 13.1. The Bertz CT molecular complexity index is 3810. The summed E-state index contributed by atoms with van der Waals surface area (Å²) in [6.45, 7) is 17.8. The van der Waals surface area contributed by atoms with Crippen molar-refractivity contribution >= 4 is 51.8 Å². The Hall–Kier alpha value is -11.4. The van der Waals surface area contributed by atoms with Crippen LogP contribution < -0.4 is 57.8 Å². The lowest BCUT2D eigenvalue weighted by molar-refractivity contribution is -0.135. The van der Waals surface area contributed by atoms with Crippen LogP contribution in [0.1, 0.15) is 76.4 Å². The van der Waals surface area contributed by atoms with Gasteiger partial charge < -0.3 is 43.1 Å². The van der Waals surface area contributed by atoms with Crippen LogP contribution in [0.15, 0.2) is 237 Å². The first-order valence-electron chi connectivity index (χ1n) is 32.8. The number of nitrogens with zero attached hydrogens (tertiary/aromatic N) is 9. The Balaban J connectivity index is 0.799. The molecule has 0 saturated carbocycles. The minimum Gasteiger partial charge on any atom is -0.478 e. The van der Waals surface area contributed by atoms with Gasteiger partial charge in [-0.3, -0.25) is 29.1 Å². The number of rotatable bonds is 27. The lowest BCUT2D eigenvalue weighted by atomic mass is 9.89. The molecule has 0 radical (unpaired) electrons. The zero-order chi connectivity index (χ0) is 66.2. The van der Waals surface area contributed by atoms with Crippen LogP contribution >= 0.6 is 0 Å². The smallest absolute Gasteiger partial charge is 0.331 e. The number of para-hydroxylation sites is 3. The minimum atomic E-state index is -0.795. The van der Waals surface area contributed by atoms with E-state index in [1.807, 2.05) is 200 Å². The summed E-state index contributed by atoms with van der Waals surface area (Å²) in [5.41, 5.74) is 7.90. The third-order valence-corrected chi connectivity index (χ3v) is 17.8. The zero-order valence-corrected chi connectivity index (χ0v) is 54.4. The monoisotopic (exact) mass is 1280 g/mol. The summed E-state index contributed by atoms with van der Waals surface area (Å²) in [5.74, 6) is 2.40. The summed E-state index contributed by atoms with van der Waals surface area (Å²) in [4.78, 5) is 68.4. The molecule has 9 aromatic carbocycles. The number of aromatic nitrogens is 3. The van der Waals surface area contributed by atoms with Gasteiger partial charge in [0.2, 0.25) is 18.3 Å². The zero-order valence-electron chi connectivity index (χ0n) is 54.4. The molecule has 1 aromatic heterocycles. The van der Waals surface area contributed by atoms with Crippen molar-refractivity contribution in [3.8, 4) is 52.5 Å². The van der Waals surface area contributed by atoms with Gasteiger partial charge in [-0.05, 0) is 204 Å². The van der Waals surface area contributed by atoms with Crippen molar-refractivity contribution in [3.63, 3.8) is 0 Å². The summed E-state index contributed by atoms with van der Waals surface area (Å²) in [6, 6.07) is 72.4. The van der Waals surface area contributed by atoms with Crippen LogP contribution in [0.25, 0.3) is 0 Å². The predicted molar refractivity (Wildman–Crippen MR) is 373 cm³/mol. The number of hydrogen-bond acceptors (Lipinski definition) is 15. The van der Waals surface area contributed by atoms with Crippen molar-refractivity contribution in [2.24, 2.45) is 0 Å². The standard InChI is InChI=1S/C78H75N9O9/c1-7-82(8-2)55-34-40-58(41-35-55)85-67(70(73(85)88)91-61-22-16-13-17-23-61)52-28-46-64(47-29-52)94-76-79-77(95-65-48-30-53(31-49-65)68-71(92-62-24-18-14-19-25-62)74(89)86(68)59-42-36-56(37-43-59)83(9-3)10-4)81-78(80-76)96-66-50-32-54(33-51-66)69-72(93-63-26-20-15-21-27-63)75(90)87(69)60-44-38-57(39-45-60)84(11-5)12-6/h13-51,67-72H,7-12H2,1-6H3. The molecule has 0 aliphatic carbocycles. The highest BCUT2D eigenvalue weighted by Crippen LogP contribution is 2.46. The average Bonchev–Trinajstić information content (AvgIpc) is 0.755. The van der Waals surface area contributed by atoms with Crippen LogP contribution in [-0.2, 0) is 14.4 Å². The molecule has 3 amide bonds. The van der Waals surface area contributed by atoms with Gasteiger partial charge in [0.25, 0.3) is 17.7 Å². The number of β-lactam (4-membered cyclic amide) rings is 3. The first-order valence-corrected chi connectivity index (χ1v) is 32.8. The van der Waals surface area contributed by atoms with Crippen molar-refractivity contribution in [3.05, 3.63) is 253 Å². The fourth-order valence-electron chi connectivity index (χ4n) is 12.7. The Morgan fingerprint density at radius 3 is 0.740 bits per heavy atom. The van der Waals surface area contributed by atoms with Crippen LogP contribution in [0.4, 0.5) is 34.1 Å². The molecule has 18 heteroatoms. The topological polar surface area (TPSA) is 165 Å². The van der Waals surface area contributed by atoms with Crippen molar-refractivity contribution in [2.75, 3.05) is 68.7 Å². The van der Waals surface area contributed by atoms with E-state index in [9.17, 15) is 14.4 Å². The van der Waals surface area contributed by atoms with Crippen molar-refractivity contribution in [2.45, 2.75) is 78.0 Å². The number of ether oxygens (including phenoxy) is 6. The van der Waals surface area contributed by atoms with E-state index in [2.05, 4.69) is 71.2 Å². The number of hydrogen-bond donors (Lipinski definition) is 0. The first-order chi connectivity index (χ1) is 47.0. The summed E-state index contributed by atoms with van der Waals surface area (Å²) in [6.07, 6.45) is -2.39. The predicted octanol–water partition coefficient (Wildman–Crippen LogP) is 15.4. The number of anilines is 6. The molecular weight excluding hydrogens is 1210 g/mol. The van der Waals surface area contributed by atoms with Gasteiger partial charge in [0.1, 0.15) is 52.6 Å². The molecular formula is C78H75N9O9. The van der Waals surface area contributed by atoms with E-state index in [1.54, 1.807) is 51.1 Å². The second-order valence-corrected chi connectivity index (χ2v) is 23.3. The summed E-state index contributed by atoms with van der Waals surface area (Å²) in [5, 5.41) is 0. The highest BCUT2D eigenvalue weighted by atomic mass is 16.5. The maximum absolute atomic E-state index is 14.1. The molecule has 96 heavy (non-hydrogen) atoms. The SMILES string of the molecule is CCN(CC)c1ccc(N2C(=O)C(Oc3ccccc3)C2c2ccc(Oc3nc(Oc4ccc(C5C(Oc6ccccc6)C(=O)N5c5ccc(N(CC)CC)cc5)cc4)nc(Oc4ccc(C5C(Oc6ccccc6)C(=O)N5c5ccc(N(CC)CC)cc5)cc4)n3)cc2)cc1. The fourth-order valence-corrected chi connectivity index (χ4v) is 12.7. The first kappa shape index (κ1) is 63.4. The molecule has 0 N–H and O–H groups in total. The normalized spacial score (nSPS) is 17.9. The number of carbonyl (C=O) groups excluding carboxylic acids is 3. The van der Waals surface area contributed by atoms with E-state index in [-0.39, 0.29) is 35.8 Å². The molecule has 6 unspecified atom stereocenters. The van der Waals surface area contributed by atoms with Gasteiger partial charge in [0.05, 0.1) is 0 Å². The minimum absolute atomic E-state index is 0.136. The molecule has 6 atom stereocenters. The van der Waals surface area contributed by atoms with E-state index in [0.717, 1.165) is 90.1 Å². The second-order valence-electron chi connectivity index (χ2n) is 23.3. The molecule has 3 saturated heterocycles. The lowest BCUT2D eigenvalue weighted by Crippen LogP contribution is -2.61. The maximum Gasteiger partial charge on any atom is 0.331 e. The Labute approximate surface area is 559 Å². The van der Waals surface area contributed by atoms with Crippen molar-refractivity contribution in [1.82, 2.24) is 15.0 Å². The van der Waals surface area contributed by atoms with Gasteiger partial charge >= 0.3 is 18.0 Å². The van der Waals surface area contributed by atoms with Crippen molar-refractivity contribution in [1.29, 1.82) is 0 Å². The summed E-state index contributed by atoms with van der Waals surface area (Å²) in [7, 11) is 0. The molecule has 18 nitrogen and oxygen atoms in total. The van der Waals surface area contributed by atoms with Crippen LogP contribution in [-0.4, -0.2) is 90.3 Å². The van der Waals surface area contributed by atoms with E-state index >= 15 is 0 Å². The van der Waals surface area contributed by atoms with Gasteiger partial charge in [-0.2, -0.15) is 0 Å². The van der Waals surface area contributed by atoms with Crippen molar-refractivity contribution < 1.29 is 42.8 Å². The van der Waals surface area contributed by atoms with E-state index < -0.39 is 36.4 Å². The average molecular weight is 1280 g/mol. The van der Waals surface area contributed by atoms with Crippen LogP contribution in [0.3, 0.4) is 0 Å². The molecule has 13 rings (SSSR count). The molecule has 0 bridgehead atoms. The van der Waals surface area contributed by atoms with Crippen LogP contribution in [0.5, 0.6) is 52.5 Å². The van der Waals surface area contributed by atoms with Crippen LogP contribution in [0.2, 0.25) is 0 Å². The van der Waals surface area contributed by atoms with E-state index in [4.69, 9.17) is 28.4 Å². The highest BCUT2D eigenvalue weighted by Gasteiger charge is 2.53. The largest absolute Gasteiger partial charge is 0.478 e. The van der Waals surface area contributed by atoms with Crippen LogP contribution in [0, 0.1) is 0 Å². The van der Waals surface area contributed by atoms with E-state index in [1.165, 1.54) is 0 Å². The Morgan fingerprint density at radius 1 is 0.292 bits per heavy atom. The van der Waals surface area contributed by atoms with Gasteiger partial charge in [0.15, 0.2) is 0 Å². The highest BCUT2D eigenvalue weighted by molar-refractivity contribution is 6.07. The summed E-state index contributed by atoms with van der Waals surface area (Å²) < 4.78 is 38.5. The molecule has 3 aliphatic heterocycles. The molecule has 4 heterocycles. The van der Waals surface area contributed by atoms with Gasteiger partial charge in [-0.1, -0.05) is 91.0 Å². The molecule has 0 spiro atoms. The number of benzene rings is 9. The van der Waals surface area contributed by atoms with Gasteiger partial charge in [-0.15, -0.1) is 15.0 Å². The molecule has 3 aliphatic rings. The van der Waals surface area contributed by atoms with E-state index in [0.29, 0.717) is 34.5 Å². The number of carbonyl (C=O) groups is 3. The fraction of sp³-hybridized carbons (Fsp3) is 0.231.